The van der Waals surface area contributed by atoms with Crippen molar-refractivity contribution in [2.45, 2.75) is 18.5 Å². The predicted molar refractivity (Wildman–Crippen MR) is 36.9 cm³/mol. The van der Waals surface area contributed by atoms with Crippen LogP contribution in [0.15, 0.2) is 0 Å². The molecule has 0 aliphatic rings. The number of alkyl halides is 3. The maximum absolute atomic E-state index is 10.7. The van der Waals surface area contributed by atoms with E-state index in [1.807, 2.05) is 0 Å². The first kappa shape index (κ1) is 15.6. The predicted octanol–water partition coefficient (Wildman–Crippen LogP) is -0.154. The molecule has 0 aliphatic heterocycles. The fourth-order valence-corrected chi connectivity index (χ4v) is 0. The second-order valence-corrected chi connectivity index (χ2v) is 3.35. The monoisotopic (exact) mass is 240 g/mol. The zero-order valence-electron chi connectivity index (χ0n) is 6.69. The van der Waals surface area contributed by atoms with Crippen LogP contribution in [0.25, 0.3) is 0 Å². The number of hydrogen-bond donors (Lipinski definition) is 3. The van der Waals surface area contributed by atoms with Crippen molar-refractivity contribution in [3.8, 4) is 0 Å². The third-order valence-corrected chi connectivity index (χ3v) is 1.23. The molecule has 3 N–H and O–H groups in total. The molecule has 0 bridgehead atoms. The number of carboxylic acid groups (broad SMARTS) is 1. The minimum Gasteiger partial charge on any atom is -0.479 e. The van der Waals surface area contributed by atoms with Crippen molar-refractivity contribution in [2.24, 2.45) is 0 Å². The van der Waals surface area contributed by atoms with Crippen molar-refractivity contribution < 1.29 is 41.1 Å². The molecule has 0 aliphatic carbocycles. The first-order chi connectivity index (χ1) is 5.89. The Balaban J connectivity index is 0. The minimum atomic E-state index is -5.84. The molecule has 0 radical (unpaired) electrons. The van der Waals surface area contributed by atoms with Crippen molar-refractivity contribution in [2.75, 3.05) is 0 Å². The van der Waals surface area contributed by atoms with Gasteiger partial charge in [-0.15, -0.1) is 0 Å². The van der Waals surface area contributed by atoms with Crippen molar-refractivity contribution >= 4 is 16.1 Å². The number of carboxylic acids is 1. The van der Waals surface area contributed by atoms with Gasteiger partial charge in [-0.3, -0.25) is 4.55 Å². The summed E-state index contributed by atoms with van der Waals surface area (Å²) < 4.78 is 57.5. The molecular weight excluding hydrogens is 233 g/mol. The molecule has 0 saturated carbocycles. The van der Waals surface area contributed by atoms with Gasteiger partial charge in [-0.1, -0.05) is 0 Å². The van der Waals surface area contributed by atoms with E-state index in [1.54, 1.807) is 0 Å². The Labute approximate surface area is 76.7 Å². The van der Waals surface area contributed by atoms with Crippen molar-refractivity contribution in [1.29, 1.82) is 0 Å². The molecule has 10 heteroatoms. The summed E-state index contributed by atoms with van der Waals surface area (Å²) in [6.45, 7) is 1.20. The summed E-state index contributed by atoms with van der Waals surface area (Å²) in [6.07, 6.45) is -1.23. The zero-order valence-corrected chi connectivity index (χ0v) is 7.50. The summed E-state index contributed by atoms with van der Waals surface area (Å²) >= 11 is 0. The van der Waals surface area contributed by atoms with Crippen LogP contribution in [0.1, 0.15) is 6.92 Å². The average Bonchev–Trinajstić information content (AvgIpc) is 1.83. The second-order valence-electron chi connectivity index (χ2n) is 1.94. The molecule has 0 rings (SSSR count). The van der Waals surface area contributed by atoms with Gasteiger partial charge in [0.2, 0.25) is 0 Å². The van der Waals surface area contributed by atoms with E-state index in [0.29, 0.717) is 0 Å². The topological polar surface area (TPSA) is 112 Å². The summed E-state index contributed by atoms with van der Waals surface area (Å²) in [6, 6.07) is 0. The second kappa shape index (κ2) is 5.12. The first-order valence-electron chi connectivity index (χ1n) is 2.84. The molecule has 0 heterocycles. The fraction of sp³-hybridized carbons (Fsp3) is 0.750. The first-order valence-corrected chi connectivity index (χ1v) is 4.28. The lowest BCUT2D eigenvalue weighted by atomic mass is 10.4. The van der Waals surface area contributed by atoms with E-state index >= 15 is 0 Å². The molecule has 0 amide bonds. The van der Waals surface area contributed by atoms with E-state index in [9.17, 15) is 18.0 Å². The standard InChI is InChI=1S/C3H6O3.CHF3O3S/c1-2(4)3(5)6;2-1(3,4)8(5,6)7/h2,4H,1H3,(H,5,6);(H,5,6,7)/t2-;/m0./s1. The summed E-state index contributed by atoms with van der Waals surface area (Å²) in [7, 11) is -5.84. The Morgan fingerprint density at radius 3 is 1.50 bits per heavy atom. The van der Waals surface area contributed by atoms with Gasteiger partial charge < -0.3 is 10.2 Å². The summed E-state index contributed by atoms with van der Waals surface area (Å²) in [5.41, 5.74) is -5.53. The Morgan fingerprint density at radius 2 is 1.50 bits per heavy atom. The van der Waals surface area contributed by atoms with E-state index in [4.69, 9.17) is 23.2 Å². The van der Waals surface area contributed by atoms with E-state index in [2.05, 4.69) is 0 Å². The molecule has 0 saturated heterocycles. The number of halogens is 3. The average molecular weight is 240 g/mol. The van der Waals surface area contributed by atoms with Crippen molar-refractivity contribution in [3.05, 3.63) is 0 Å². The number of aliphatic hydroxyl groups is 1. The smallest absolute Gasteiger partial charge is 0.479 e. The van der Waals surface area contributed by atoms with Crippen LogP contribution < -0.4 is 0 Å². The van der Waals surface area contributed by atoms with E-state index < -0.39 is 27.7 Å². The molecule has 0 spiro atoms. The fourth-order valence-electron chi connectivity index (χ4n) is 0. The van der Waals surface area contributed by atoms with Crippen molar-refractivity contribution in [1.82, 2.24) is 0 Å². The highest BCUT2D eigenvalue weighted by Gasteiger charge is 2.44. The summed E-state index contributed by atoms with van der Waals surface area (Å²) in [4.78, 5) is 9.45. The van der Waals surface area contributed by atoms with Crippen LogP contribution in [0.3, 0.4) is 0 Å². The number of rotatable bonds is 1. The molecule has 14 heavy (non-hydrogen) atoms. The van der Waals surface area contributed by atoms with Gasteiger partial charge in [0, 0.05) is 0 Å². The number of hydrogen-bond acceptors (Lipinski definition) is 4. The molecule has 0 aromatic carbocycles. The van der Waals surface area contributed by atoms with Gasteiger partial charge in [-0.2, -0.15) is 21.6 Å². The molecule has 0 fully saturated rings. The highest BCUT2D eigenvalue weighted by atomic mass is 32.2. The SMILES string of the molecule is C[C@H](O)C(=O)O.O=S(=O)(O)C(F)(F)F. The van der Waals surface area contributed by atoms with Crippen LogP contribution >= 0.6 is 0 Å². The van der Waals surface area contributed by atoms with E-state index in [-0.39, 0.29) is 0 Å². The number of aliphatic hydroxyl groups excluding tert-OH is 1. The quantitative estimate of drug-likeness (QED) is 0.434. The maximum Gasteiger partial charge on any atom is 0.522 e. The Bertz CT molecular complexity index is 278. The van der Waals surface area contributed by atoms with Gasteiger partial charge in [0.25, 0.3) is 0 Å². The van der Waals surface area contributed by atoms with Gasteiger partial charge in [0.1, 0.15) is 6.10 Å². The number of carbonyl (C=O) groups is 1. The van der Waals surface area contributed by atoms with Gasteiger partial charge in [0.05, 0.1) is 0 Å². The van der Waals surface area contributed by atoms with Crippen LogP contribution in [0.2, 0.25) is 0 Å². The molecule has 0 aromatic heterocycles. The highest BCUT2D eigenvalue weighted by Crippen LogP contribution is 2.20. The van der Waals surface area contributed by atoms with Gasteiger partial charge >= 0.3 is 21.6 Å². The minimum absolute atomic E-state index is 1.19. The lowest BCUT2D eigenvalue weighted by Crippen LogP contribution is -2.21. The lowest BCUT2D eigenvalue weighted by Gasteiger charge is -1.97. The molecule has 1 atom stereocenters. The summed E-state index contributed by atoms with van der Waals surface area (Å²) in [5, 5.41) is 15.8. The van der Waals surface area contributed by atoms with Crippen LogP contribution in [0, 0.1) is 0 Å². The van der Waals surface area contributed by atoms with E-state index in [1.165, 1.54) is 6.92 Å². The molecule has 86 valence electrons. The third-order valence-electron chi connectivity index (χ3n) is 0.650. The highest BCUT2D eigenvalue weighted by molar-refractivity contribution is 7.86. The van der Waals surface area contributed by atoms with Crippen LogP contribution in [-0.2, 0) is 14.9 Å². The van der Waals surface area contributed by atoms with E-state index in [0.717, 1.165) is 0 Å². The zero-order chi connectivity index (χ0) is 12.2. The largest absolute Gasteiger partial charge is 0.522 e. The van der Waals surface area contributed by atoms with Gasteiger partial charge in [-0.05, 0) is 6.92 Å². The normalized spacial score (nSPS) is 13.9. The number of aliphatic carboxylic acids is 1. The van der Waals surface area contributed by atoms with Crippen LogP contribution in [0.4, 0.5) is 13.2 Å². The third kappa shape index (κ3) is 7.76. The Kier molecular flexibility index (Phi) is 5.70. The Hall–Kier alpha value is -0.870. The summed E-state index contributed by atoms with van der Waals surface area (Å²) in [5.74, 6) is -1.19. The van der Waals surface area contributed by atoms with Gasteiger partial charge in [0.15, 0.2) is 0 Å². The molecule has 0 unspecified atom stereocenters. The molecule has 6 nitrogen and oxygen atoms in total. The van der Waals surface area contributed by atoms with Gasteiger partial charge in [-0.25, -0.2) is 4.79 Å². The molecule has 0 aromatic rings. The van der Waals surface area contributed by atoms with Crippen LogP contribution in [0.5, 0.6) is 0 Å². The van der Waals surface area contributed by atoms with Crippen molar-refractivity contribution in [3.63, 3.8) is 0 Å². The Morgan fingerprint density at radius 1 is 1.36 bits per heavy atom. The lowest BCUT2D eigenvalue weighted by molar-refractivity contribution is -0.145. The molecular formula is C4H7F3O6S. The van der Waals surface area contributed by atoms with Crippen LogP contribution in [-0.4, -0.2) is 40.8 Å². The maximum atomic E-state index is 10.7.